The van der Waals surface area contributed by atoms with Crippen molar-refractivity contribution in [2.24, 2.45) is 0 Å². The minimum Gasteiger partial charge on any atom is -0.495 e. The maximum absolute atomic E-state index is 13.0. The third-order valence-corrected chi connectivity index (χ3v) is 5.72. The maximum atomic E-state index is 13.0. The van der Waals surface area contributed by atoms with Gasteiger partial charge in [-0.2, -0.15) is 4.31 Å². The van der Waals surface area contributed by atoms with Gasteiger partial charge in [-0.15, -0.1) is 0 Å². The summed E-state index contributed by atoms with van der Waals surface area (Å²) in [5.74, 6) is -0.103. The van der Waals surface area contributed by atoms with E-state index in [0.29, 0.717) is 6.54 Å². The minimum atomic E-state index is -3.83. The van der Waals surface area contributed by atoms with Crippen molar-refractivity contribution in [3.05, 3.63) is 59.7 Å². The molecule has 0 aliphatic heterocycles. The molecule has 0 saturated heterocycles. The van der Waals surface area contributed by atoms with E-state index < -0.39 is 10.0 Å². The average Bonchev–Trinajstić information content (AvgIpc) is 2.66. The molecule has 0 aliphatic carbocycles. The number of carbonyl (C=O) groups excluding carboxylic acids is 1. The Morgan fingerprint density at radius 1 is 1.15 bits per heavy atom. The second kappa shape index (κ2) is 8.82. The fraction of sp³-hybridized carbons (Fsp3) is 0.316. The second-order valence-electron chi connectivity index (χ2n) is 5.87. The van der Waals surface area contributed by atoms with Crippen LogP contribution in [0.5, 0.6) is 5.75 Å². The molecule has 0 radical (unpaired) electrons. The van der Waals surface area contributed by atoms with Crippen LogP contribution in [-0.2, 0) is 16.6 Å². The number of hydrogen-bond acceptors (Lipinski definition) is 4. The molecule has 2 aromatic carbocycles. The topological polar surface area (TPSA) is 75.7 Å². The van der Waals surface area contributed by atoms with E-state index in [2.05, 4.69) is 5.32 Å². The molecule has 0 heterocycles. The molecule has 0 unspecified atom stereocenters. The van der Waals surface area contributed by atoms with Crippen LogP contribution in [-0.4, -0.2) is 39.3 Å². The van der Waals surface area contributed by atoms with Crippen molar-refractivity contribution >= 4 is 15.9 Å². The van der Waals surface area contributed by atoms with E-state index in [-0.39, 0.29) is 28.7 Å². The van der Waals surface area contributed by atoms with Gasteiger partial charge in [0.05, 0.1) is 7.11 Å². The molecule has 2 aromatic rings. The Kier molecular flexibility index (Phi) is 6.76. The first-order valence-corrected chi connectivity index (χ1v) is 9.80. The summed E-state index contributed by atoms with van der Waals surface area (Å²) in [7, 11) is -0.917. The lowest BCUT2D eigenvalue weighted by atomic mass is 10.2. The summed E-state index contributed by atoms with van der Waals surface area (Å²) in [5.41, 5.74) is 1.15. The number of ether oxygens (including phenoxy) is 1. The number of benzene rings is 2. The Morgan fingerprint density at radius 3 is 2.46 bits per heavy atom. The van der Waals surface area contributed by atoms with Crippen LogP contribution < -0.4 is 10.1 Å². The summed E-state index contributed by atoms with van der Waals surface area (Å²) >= 11 is 0. The number of nitrogens with one attached hydrogen (secondary N) is 1. The Labute approximate surface area is 154 Å². The van der Waals surface area contributed by atoms with E-state index in [1.54, 1.807) is 6.07 Å². The molecule has 6 nitrogen and oxygen atoms in total. The van der Waals surface area contributed by atoms with E-state index in [9.17, 15) is 13.2 Å². The molecular formula is C19H24N2O4S. The van der Waals surface area contributed by atoms with Gasteiger partial charge >= 0.3 is 0 Å². The van der Waals surface area contributed by atoms with Crippen LogP contribution in [0.15, 0.2) is 53.4 Å². The van der Waals surface area contributed by atoms with Crippen LogP contribution in [0.25, 0.3) is 0 Å². The molecule has 1 N–H and O–H groups in total. The SMILES string of the molecule is CCCNC(=O)c1ccc(OC)c(S(=O)(=O)N(C)Cc2ccccc2)c1. The fourth-order valence-corrected chi connectivity index (χ4v) is 3.79. The first-order chi connectivity index (χ1) is 12.4. The lowest BCUT2D eigenvalue weighted by Crippen LogP contribution is -2.28. The molecule has 26 heavy (non-hydrogen) atoms. The van der Waals surface area contributed by atoms with Crippen LogP contribution in [0.2, 0.25) is 0 Å². The lowest BCUT2D eigenvalue weighted by molar-refractivity contribution is 0.0953. The summed E-state index contributed by atoms with van der Waals surface area (Å²) in [6, 6.07) is 13.7. The Morgan fingerprint density at radius 2 is 1.85 bits per heavy atom. The highest BCUT2D eigenvalue weighted by molar-refractivity contribution is 7.89. The standard InChI is InChI=1S/C19H24N2O4S/c1-4-12-20-19(22)16-10-11-17(25-3)18(13-16)26(23,24)21(2)14-15-8-6-5-7-9-15/h5-11,13H,4,12,14H2,1-3H3,(H,20,22). The van der Waals surface area contributed by atoms with Gasteiger partial charge in [0, 0.05) is 25.7 Å². The molecule has 1 amide bonds. The number of rotatable bonds is 8. The van der Waals surface area contributed by atoms with Gasteiger partial charge in [0.15, 0.2) is 0 Å². The maximum Gasteiger partial charge on any atom is 0.251 e. The first-order valence-electron chi connectivity index (χ1n) is 8.36. The van der Waals surface area contributed by atoms with Crippen molar-refractivity contribution in [3.63, 3.8) is 0 Å². The summed E-state index contributed by atoms with van der Waals surface area (Å²) in [5, 5.41) is 2.75. The first kappa shape index (κ1) is 19.9. The predicted octanol–water partition coefficient (Wildman–Crippen LogP) is 2.66. The lowest BCUT2D eigenvalue weighted by Gasteiger charge is -2.19. The number of hydrogen-bond donors (Lipinski definition) is 1. The van der Waals surface area contributed by atoms with Crippen LogP contribution in [0, 0.1) is 0 Å². The number of nitrogens with zero attached hydrogens (tertiary/aromatic N) is 1. The zero-order valence-corrected chi connectivity index (χ0v) is 16.0. The fourth-order valence-electron chi connectivity index (χ4n) is 2.45. The van der Waals surface area contributed by atoms with Crippen LogP contribution in [0.1, 0.15) is 29.3 Å². The number of methoxy groups -OCH3 is 1. The van der Waals surface area contributed by atoms with Gasteiger partial charge in [-0.25, -0.2) is 8.42 Å². The molecule has 0 aliphatic rings. The monoisotopic (exact) mass is 376 g/mol. The third kappa shape index (κ3) is 4.62. The van der Waals surface area contributed by atoms with Crippen molar-refractivity contribution in [1.82, 2.24) is 9.62 Å². The largest absolute Gasteiger partial charge is 0.495 e. The van der Waals surface area contributed by atoms with Crippen molar-refractivity contribution in [1.29, 1.82) is 0 Å². The third-order valence-electron chi connectivity index (χ3n) is 3.90. The highest BCUT2D eigenvalue weighted by Crippen LogP contribution is 2.28. The minimum absolute atomic E-state index is 0.0254. The van der Waals surface area contributed by atoms with Gasteiger partial charge in [-0.05, 0) is 30.2 Å². The Bertz CT molecular complexity index is 851. The van der Waals surface area contributed by atoms with Crippen LogP contribution in [0.4, 0.5) is 0 Å². The van der Waals surface area contributed by atoms with Gasteiger partial charge in [-0.1, -0.05) is 37.3 Å². The zero-order chi connectivity index (χ0) is 19.2. The second-order valence-corrected chi connectivity index (χ2v) is 7.88. The molecule has 0 spiro atoms. The van der Waals surface area contributed by atoms with E-state index in [1.807, 2.05) is 37.3 Å². The normalized spacial score (nSPS) is 11.4. The van der Waals surface area contributed by atoms with Gasteiger partial charge < -0.3 is 10.1 Å². The average molecular weight is 376 g/mol. The van der Waals surface area contributed by atoms with Crippen LogP contribution >= 0.6 is 0 Å². The summed E-state index contributed by atoms with van der Waals surface area (Å²) in [6.45, 7) is 2.70. The molecule has 0 aromatic heterocycles. The van der Waals surface area contributed by atoms with Gasteiger partial charge in [0.1, 0.15) is 10.6 Å². The van der Waals surface area contributed by atoms with Crippen molar-refractivity contribution < 1.29 is 17.9 Å². The van der Waals surface area contributed by atoms with Crippen molar-refractivity contribution in [3.8, 4) is 5.75 Å². The zero-order valence-electron chi connectivity index (χ0n) is 15.2. The summed E-state index contributed by atoms with van der Waals surface area (Å²) in [6.07, 6.45) is 0.798. The molecule has 0 bridgehead atoms. The van der Waals surface area contributed by atoms with E-state index in [4.69, 9.17) is 4.74 Å². The number of carbonyl (C=O) groups is 1. The molecule has 0 fully saturated rings. The highest BCUT2D eigenvalue weighted by atomic mass is 32.2. The number of amides is 1. The molecular weight excluding hydrogens is 352 g/mol. The van der Waals surface area contributed by atoms with Crippen molar-refractivity contribution in [2.45, 2.75) is 24.8 Å². The van der Waals surface area contributed by atoms with Crippen molar-refractivity contribution in [2.75, 3.05) is 20.7 Å². The van der Waals surface area contributed by atoms with Crippen LogP contribution in [0.3, 0.4) is 0 Å². The smallest absolute Gasteiger partial charge is 0.251 e. The Balaban J connectivity index is 2.35. The Hall–Kier alpha value is -2.38. The molecule has 140 valence electrons. The summed E-state index contributed by atoms with van der Waals surface area (Å²) in [4.78, 5) is 12.2. The quantitative estimate of drug-likeness (QED) is 0.768. The highest BCUT2D eigenvalue weighted by Gasteiger charge is 2.26. The predicted molar refractivity (Wildman–Crippen MR) is 101 cm³/mol. The van der Waals surface area contributed by atoms with E-state index >= 15 is 0 Å². The van der Waals surface area contributed by atoms with E-state index in [1.165, 1.54) is 30.6 Å². The summed E-state index contributed by atoms with van der Waals surface area (Å²) < 4.78 is 32.5. The van der Waals surface area contributed by atoms with Gasteiger partial charge in [0.25, 0.3) is 5.91 Å². The molecule has 2 rings (SSSR count). The molecule has 7 heteroatoms. The number of sulfonamides is 1. The van der Waals surface area contributed by atoms with Gasteiger partial charge in [0.2, 0.25) is 10.0 Å². The molecule has 0 saturated carbocycles. The van der Waals surface area contributed by atoms with Gasteiger partial charge in [-0.3, -0.25) is 4.79 Å². The molecule has 0 atom stereocenters. The van der Waals surface area contributed by atoms with E-state index in [0.717, 1.165) is 12.0 Å².